The molecule has 0 fully saturated rings. The molecule has 1 aromatic heterocycles. The van der Waals surface area contributed by atoms with Gasteiger partial charge in [0.05, 0.1) is 28.8 Å². The molecule has 3 aromatic carbocycles. The molecule has 0 bridgehead atoms. The van der Waals surface area contributed by atoms with Gasteiger partial charge in [-0.25, -0.2) is 0 Å². The van der Waals surface area contributed by atoms with Gasteiger partial charge in [-0.3, -0.25) is 0 Å². The lowest BCUT2D eigenvalue weighted by Crippen LogP contribution is -2.33. The highest BCUT2D eigenvalue weighted by molar-refractivity contribution is 8.03. The number of anilines is 1. The molecule has 43 heavy (non-hydrogen) atoms. The highest BCUT2D eigenvalue weighted by atomic mass is 32.2. The second-order valence-corrected chi connectivity index (χ2v) is 15.0. The van der Waals surface area contributed by atoms with E-state index in [0.29, 0.717) is 0 Å². The average molecular weight is 626 g/mol. The number of aromatic nitrogens is 1. The lowest BCUT2D eigenvalue weighted by atomic mass is 9.72. The van der Waals surface area contributed by atoms with Gasteiger partial charge in [0, 0.05) is 17.5 Å². The predicted octanol–water partition coefficient (Wildman–Crippen LogP) is 10.6. The predicted molar refractivity (Wildman–Crippen MR) is 189 cm³/mol. The number of thioether (sulfide) groups is 2. The van der Waals surface area contributed by atoms with Gasteiger partial charge in [0.15, 0.2) is 0 Å². The Morgan fingerprint density at radius 1 is 1.00 bits per heavy atom. The molecule has 0 amide bonds. The smallest absolute Gasteiger partial charge is 0.263 e. The standard InChI is InChI=1S/C37H41N2OS3/c1-8-38-29-17-26(25-13-11-10-12-14-25)15-16-32(29)42-35(38)18-27-22-37(4,5)23-28(24(27)3)19-36-39(9-2)30-20-31(40-6)34(41-7)21-33(30)43-36/h10-21H,8-9,22-23H2,1-7H3/q+1. The topological polar surface area (TPSA) is 16.4 Å². The Labute approximate surface area is 269 Å². The molecule has 0 saturated carbocycles. The highest BCUT2D eigenvalue weighted by Gasteiger charge is 2.32. The van der Waals surface area contributed by atoms with Crippen molar-refractivity contribution in [2.45, 2.75) is 63.8 Å². The Morgan fingerprint density at radius 2 is 1.79 bits per heavy atom. The van der Waals surface area contributed by atoms with Crippen molar-refractivity contribution in [2.24, 2.45) is 5.41 Å². The largest absolute Gasteiger partial charge is 0.495 e. The summed E-state index contributed by atoms with van der Waals surface area (Å²) in [6.07, 6.45) is 9.22. The number of thiazole rings is 1. The van der Waals surface area contributed by atoms with Crippen molar-refractivity contribution in [3.8, 4) is 16.9 Å². The summed E-state index contributed by atoms with van der Waals surface area (Å²) in [7, 11) is 1.77. The third kappa shape index (κ3) is 5.82. The van der Waals surface area contributed by atoms with Crippen LogP contribution in [0.5, 0.6) is 5.75 Å². The maximum Gasteiger partial charge on any atom is 0.263 e. The molecule has 0 atom stereocenters. The van der Waals surface area contributed by atoms with E-state index in [2.05, 4.69) is 123 Å². The Balaban J connectivity index is 1.40. The van der Waals surface area contributed by atoms with Gasteiger partial charge in [-0.15, -0.1) is 11.8 Å². The normalized spacial score (nSPS) is 18.3. The molecular weight excluding hydrogens is 585 g/mol. The summed E-state index contributed by atoms with van der Waals surface area (Å²) in [5.41, 5.74) is 9.62. The van der Waals surface area contributed by atoms with Crippen molar-refractivity contribution in [1.82, 2.24) is 0 Å². The van der Waals surface area contributed by atoms with E-state index in [0.717, 1.165) is 31.7 Å². The van der Waals surface area contributed by atoms with Gasteiger partial charge in [0.25, 0.3) is 5.01 Å². The van der Waals surface area contributed by atoms with Crippen molar-refractivity contribution >= 4 is 56.8 Å². The fourth-order valence-corrected chi connectivity index (χ4v) is 9.43. The van der Waals surface area contributed by atoms with Gasteiger partial charge in [0.2, 0.25) is 5.52 Å². The average Bonchev–Trinajstić information content (AvgIpc) is 3.53. The van der Waals surface area contributed by atoms with Gasteiger partial charge in [-0.2, -0.15) is 4.57 Å². The SMILES string of the molecule is CCN1/C(=C/C2=C(C)C(=C\c3sc4cc(SC)c(OC)cc4[n+]3CC)/CC(C)(C)C2)Sc2ccc(-c3ccccc3)cc21. The second kappa shape index (κ2) is 12.2. The summed E-state index contributed by atoms with van der Waals surface area (Å²) in [5, 5.41) is 2.64. The minimum Gasteiger partial charge on any atom is -0.495 e. The van der Waals surface area contributed by atoms with Gasteiger partial charge in [-0.1, -0.05) is 73.3 Å². The summed E-state index contributed by atoms with van der Waals surface area (Å²) in [6, 6.07) is 22.1. The monoisotopic (exact) mass is 625 g/mol. The summed E-state index contributed by atoms with van der Waals surface area (Å²) in [4.78, 5) is 5.02. The van der Waals surface area contributed by atoms with Crippen molar-refractivity contribution in [3.63, 3.8) is 0 Å². The zero-order chi connectivity index (χ0) is 30.3. The molecule has 6 heteroatoms. The molecule has 222 valence electrons. The second-order valence-electron chi connectivity index (χ2n) is 12.1. The van der Waals surface area contributed by atoms with Crippen LogP contribution in [0.15, 0.2) is 98.3 Å². The highest BCUT2D eigenvalue weighted by Crippen LogP contribution is 2.50. The van der Waals surface area contributed by atoms with Crippen molar-refractivity contribution < 1.29 is 9.30 Å². The maximum atomic E-state index is 5.73. The van der Waals surface area contributed by atoms with E-state index >= 15 is 0 Å². The van der Waals surface area contributed by atoms with Gasteiger partial charge < -0.3 is 9.64 Å². The van der Waals surface area contributed by atoms with E-state index < -0.39 is 0 Å². The molecule has 0 unspecified atom stereocenters. The molecule has 2 heterocycles. The van der Waals surface area contributed by atoms with E-state index in [9.17, 15) is 0 Å². The van der Waals surface area contributed by atoms with Crippen LogP contribution >= 0.6 is 34.9 Å². The van der Waals surface area contributed by atoms with Gasteiger partial charge >= 0.3 is 0 Å². The van der Waals surface area contributed by atoms with E-state index in [1.807, 2.05) is 23.1 Å². The molecule has 3 nitrogen and oxygen atoms in total. The molecule has 0 N–H and O–H groups in total. The number of allylic oxidation sites excluding steroid dienone is 4. The van der Waals surface area contributed by atoms with Crippen LogP contribution in [0, 0.1) is 5.41 Å². The fourth-order valence-electron chi connectivity index (χ4n) is 6.39. The van der Waals surface area contributed by atoms with Crippen molar-refractivity contribution in [3.05, 3.63) is 93.5 Å². The minimum atomic E-state index is 0.189. The number of benzene rings is 3. The number of ether oxygens (including phenoxy) is 1. The summed E-state index contributed by atoms with van der Waals surface area (Å²) >= 11 is 5.54. The Bertz CT molecular complexity index is 1780. The molecule has 2 aliphatic rings. The summed E-state index contributed by atoms with van der Waals surface area (Å²) < 4.78 is 9.49. The Hall–Kier alpha value is -2.93. The van der Waals surface area contributed by atoms with Crippen LogP contribution in [0.25, 0.3) is 27.4 Å². The summed E-state index contributed by atoms with van der Waals surface area (Å²) in [6.45, 7) is 13.5. The number of hydrogen-bond donors (Lipinski definition) is 0. The third-order valence-corrected chi connectivity index (χ3v) is 11.6. The van der Waals surface area contributed by atoms with Crippen LogP contribution in [-0.2, 0) is 6.54 Å². The first-order valence-electron chi connectivity index (χ1n) is 15.1. The molecule has 4 aromatic rings. The first-order valence-corrected chi connectivity index (χ1v) is 18.0. The molecule has 1 aliphatic carbocycles. The first-order chi connectivity index (χ1) is 20.7. The van der Waals surface area contributed by atoms with Gasteiger partial charge in [0.1, 0.15) is 17.0 Å². The maximum absolute atomic E-state index is 5.73. The number of aryl methyl sites for hydroxylation is 1. The molecule has 6 rings (SSSR count). The first kappa shape index (κ1) is 30.1. The minimum absolute atomic E-state index is 0.189. The number of methoxy groups -OCH3 is 1. The zero-order valence-electron chi connectivity index (χ0n) is 26.3. The zero-order valence-corrected chi connectivity index (χ0v) is 28.7. The molecule has 1 aliphatic heterocycles. The Kier molecular flexibility index (Phi) is 8.56. The van der Waals surface area contributed by atoms with Crippen molar-refractivity contribution in [2.75, 3.05) is 24.8 Å². The van der Waals surface area contributed by atoms with Crippen LogP contribution in [0.1, 0.15) is 52.5 Å². The Morgan fingerprint density at radius 3 is 2.49 bits per heavy atom. The number of rotatable bonds is 7. The molecule has 0 radical (unpaired) electrons. The number of hydrogen-bond acceptors (Lipinski definition) is 5. The number of fused-ring (bicyclic) bond motifs is 2. The molecule has 0 saturated heterocycles. The van der Waals surface area contributed by atoms with E-state index in [1.165, 1.54) is 63.6 Å². The third-order valence-electron chi connectivity index (χ3n) is 8.60. The van der Waals surface area contributed by atoms with E-state index in [1.54, 1.807) is 18.9 Å². The fraction of sp³-hybridized carbons (Fsp3) is 0.324. The van der Waals surface area contributed by atoms with Crippen LogP contribution in [-0.4, -0.2) is 19.9 Å². The molecule has 0 spiro atoms. The van der Waals surface area contributed by atoms with Crippen LogP contribution < -0.4 is 14.2 Å². The van der Waals surface area contributed by atoms with Crippen LogP contribution in [0.2, 0.25) is 0 Å². The quantitative estimate of drug-likeness (QED) is 0.150. The van der Waals surface area contributed by atoms with E-state index in [4.69, 9.17) is 4.74 Å². The van der Waals surface area contributed by atoms with E-state index in [-0.39, 0.29) is 5.41 Å². The van der Waals surface area contributed by atoms with Crippen molar-refractivity contribution in [1.29, 1.82) is 0 Å². The van der Waals surface area contributed by atoms with Gasteiger partial charge in [-0.05, 0) is 97.4 Å². The molecular formula is C37H41N2OS3+. The summed E-state index contributed by atoms with van der Waals surface area (Å²) in [5.74, 6) is 0.953. The lowest BCUT2D eigenvalue weighted by molar-refractivity contribution is -0.665. The number of nitrogens with zero attached hydrogens (tertiary/aromatic N) is 2. The van der Waals surface area contributed by atoms with Crippen LogP contribution in [0.3, 0.4) is 0 Å². The lowest BCUT2D eigenvalue weighted by Gasteiger charge is -2.33. The van der Waals surface area contributed by atoms with Crippen LogP contribution in [0.4, 0.5) is 5.69 Å².